The zero-order valence-corrected chi connectivity index (χ0v) is 10.6. The van der Waals surface area contributed by atoms with Gasteiger partial charge in [0.15, 0.2) is 0 Å². The van der Waals surface area contributed by atoms with Crippen molar-refractivity contribution < 1.29 is 4.74 Å². The third-order valence-electron chi connectivity index (χ3n) is 4.16. The molecule has 0 amide bonds. The number of hydrogen-bond donors (Lipinski definition) is 1. The summed E-state index contributed by atoms with van der Waals surface area (Å²) in [5.74, 6) is 0. The second-order valence-corrected chi connectivity index (χ2v) is 6.24. The van der Waals surface area contributed by atoms with Crippen LogP contribution in [0.5, 0.6) is 0 Å². The Morgan fingerprint density at radius 3 is 2.27 bits per heavy atom. The molecule has 0 aromatic rings. The molecule has 2 fully saturated rings. The molecule has 2 unspecified atom stereocenters. The van der Waals surface area contributed by atoms with E-state index >= 15 is 0 Å². The molecule has 2 heteroatoms. The molecule has 2 aliphatic carbocycles. The second kappa shape index (κ2) is 3.74. The van der Waals surface area contributed by atoms with Gasteiger partial charge in [-0.1, -0.05) is 12.8 Å². The number of rotatable bonds is 2. The maximum absolute atomic E-state index is 6.20. The molecule has 2 aliphatic rings. The largest absolute Gasteiger partial charge is 0.372 e. The van der Waals surface area contributed by atoms with E-state index < -0.39 is 0 Å². The molecule has 15 heavy (non-hydrogen) atoms. The van der Waals surface area contributed by atoms with Crippen LogP contribution in [-0.4, -0.2) is 24.8 Å². The lowest BCUT2D eigenvalue weighted by Crippen LogP contribution is -2.63. The van der Waals surface area contributed by atoms with Gasteiger partial charge in [-0.05, 0) is 47.1 Å². The molecule has 0 radical (unpaired) electrons. The van der Waals surface area contributed by atoms with Crippen LogP contribution in [0.4, 0.5) is 0 Å². The van der Waals surface area contributed by atoms with E-state index in [1.165, 1.54) is 32.1 Å². The first-order chi connectivity index (χ1) is 6.98. The zero-order valence-electron chi connectivity index (χ0n) is 10.6. The minimum absolute atomic E-state index is 0.0129. The Bertz CT molecular complexity index is 225. The molecule has 0 aromatic carbocycles. The average molecular weight is 211 g/mol. The van der Waals surface area contributed by atoms with Gasteiger partial charge in [0.2, 0.25) is 0 Å². The fraction of sp³-hybridized carbons (Fsp3) is 1.00. The van der Waals surface area contributed by atoms with E-state index in [0.717, 1.165) is 0 Å². The third kappa shape index (κ3) is 1.94. The van der Waals surface area contributed by atoms with Gasteiger partial charge in [-0.15, -0.1) is 0 Å². The van der Waals surface area contributed by atoms with Crippen LogP contribution in [0.1, 0.15) is 52.9 Å². The summed E-state index contributed by atoms with van der Waals surface area (Å²) in [6.07, 6.45) is 7.20. The Labute approximate surface area is 93.8 Å². The Hall–Kier alpha value is -0.0800. The first-order valence-electron chi connectivity index (χ1n) is 6.33. The summed E-state index contributed by atoms with van der Waals surface area (Å²) in [4.78, 5) is 0. The van der Waals surface area contributed by atoms with E-state index in [-0.39, 0.29) is 5.60 Å². The summed E-state index contributed by atoms with van der Waals surface area (Å²) in [6.45, 7) is 6.51. The average Bonchev–Trinajstić information content (AvgIpc) is 2.61. The summed E-state index contributed by atoms with van der Waals surface area (Å²) in [6, 6.07) is 0.701. The van der Waals surface area contributed by atoms with Crippen LogP contribution >= 0.6 is 0 Å². The zero-order chi connectivity index (χ0) is 11.1. The van der Waals surface area contributed by atoms with Crippen molar-refractivity contribution in [2.45, 2.75) is 70.6 Å². The molecule has 0 aliphatic heterocycles. The van der Waals surface area contributed by atoms with Crippen LogP contribution < -0.4 is 5.32 Å². The second-order valence-electron chi connectivity index (χ2n) is 6.24. The molecule has 1 spiro atoms. The molecule has 88 valence electrons. The van der Waals surface area contributed by atoms with Gasteiger partial charge in [0.25, 0.3) is 0 Å². The van der Waals surface area contributed by atoms with Crippen molar-refractivity contribution in [1.82, 2.24) is 5.32 Å². The normalized spacial score (nSPS) is 34.4. The van der Waals surface area contributed by atoms with Gasteiger partial charge in [0.1, 0.15) is 0 Å². The molecule has 0 saturated heterocycles. The van der Waals surface area contributed by atoms with Crippen molar-refractivity contribution in [3.63, 3.8) is 0 Å². The van der Waals surface area contributed by atoms with Gasteiger partial charge in [-0.3, -0.25) is 0 Å². The Balaban J connectivity index is 2.03. The molecule has 0 bridgehead atoms. The van der Waals surface area contributed by atoms with E-state index in [2.05, 4.69) is 33.1 Å². The van der Waals surface area contributed by atoms with Crippen LogP contribution in [0.2, 0.25) is 0 Å². The van der Waals surface area contributed by atoms with Crippen LogP contribution in [-0.2, 0) is 4.74 Å². The number of hydrogen-bond acceptors (Lipinski definition) is 2. The monoisotopic (exact) mass is 211 g/mol. The first kappa shape index (κ1) is 11.4. The lowest BCUT2D eigenvalue weighted by Gasteiger charge is -2.55. The molecule has 1 N–H and O–H groups in total. The van der Waals surface area contributed by atoms with Crippen LogP contribution in [0.15, 0.2) is 0 Å². The van der Waals surface area contributed by atoms with Crippen molar-refractivity contribution in [1.29, 1.82) is 0 Å². The predicted octanol–water partition coefficient (Wildman–Crippen LogP) is 2.72. The van der Waals surface area contributed by atoms with E-state index in [1.807, 2.05) is 0 Å². The lowest BCUT2D eigenvalue weighted by atomic mass is 9.60. The van der Waals surface area contributed by atoms with Gasteiger partial charge in [0, 0.05) is 11.5 Å². The highest BCUT2D eigenvalue weighted by Crippen LogP contribution is 2.55. The quantitative estimate of drug-likeness (QED) is 0.758. The number of nitrogens with one attached hydrogen (secondary N) is 1. The number of ether oxygens (including phenoxy) is 1. The van der Waals surface area contributed by atoms with Crippen LogP contribution in [0.25, 0.3) is 0 Å². The third-order valence-corrected chi connectivity index (χ3v) is 4.16. The highest BCUT2D eigenvalue weighted by Gasteiger charge is 2.56. The smallest absolute Gasteiger partial charge is 0.0668 e. The maximum atomic E-state index is 6.20. The van der Waals surface area contributed by atoms with Gasteiger partial charge < -0.3 is 10.1 Å². The highest BCUT2D eigenvalue weighted by atomic mass is 16.5. The minimum Gasteiger partial charge on any atom is -0.372 e. The summed E-state index contributed by atoms with van der Waals surface area (Å²) >= 11 is 0. The molecule has 2 rings (SSSR count). The highest BCUT2D eigenvalue weighted by molar-refractivity contribution is 5.10. The van der Waals surface area contributed by atoms with Crippen molar-refractivity contribution in [2.75, 3.05) is 7.05 Å². The Morgan fingerprint density at radius 1 is 1.20 bits per heavy atom. The standard InChI is InChI=1S/C13H25NO/c1-12(2,3)15-11-9-10(14-4)13(11)7-5-6-8-13/h10-11,14H,5-9H2,1-4H3. The fourth-order valence-electron chi connectivity index (χ4n) is 3.45. The molecular formula is C13H25NO. The minimum atomic E-state index is 0.0129. The van der Waals surface area contributed by atoms with E-state index in [9.17, 15) is 0 Å². The summed E-state index contributed by atoms with van der Waals surface area (Å²) in [5, 5.41) is 3.47. The van der Waals surface area contributed by atoms with Crippen LogP contribution in [0.3, 0.4) is 0 Å². The summed E-state index contributed by atoms with van der Waals surface area (Å²) < 4.78 is 6.20. The molecular weight excluding hydrogens is 186 g/mol. The van der Waals surface area contributed by atoms with E-state index in [1.54, 1.807) is 0 Å². The molecule has 0 heterocycles. The first-order valence-corrected chi connectivity index (χ1v) is 6.33. The van der Waals surface area contributed by atoms with Gasteiger partial charge in [-0.25, -0.2) is 0 Å². The summed E-state index contributed by atoms with van der Waals surface area (Å²) in [5.41, 5.74) is 0.487. The SMILES string of the molecule is CNC1CC(OC(C)(C)C)C12CCCC2. The van der Waals surface area contributed by atoms with Crippen molar-refractivity contribution in [2.24, 2.45) is 5.41 Å². The molecule has 2 atom stereocenters. The van der Waals surface area contributed by atoms with Crippen molar-refractivity contribution in [3.8, 4) is 0 Å². The summed E-state index contributed by atoms with van der Waals surface area (Å²) in [7, 11) is 2.10. The predicted molar refractivity (Wildman–Crippen MR) is 63.0 cm³/mol. The van der Waals surface area contributed by atoms with Gasteiger partial charge >= 0.3 is 0 Å². The van der Waals surface area contributed by atoms with Gasteiger partial charge in [-0.2, -0.15) is 0 Å². The topological polar surface area (TPSA) is 21.3 Å². The molecule has 2 nitrogen and oxygen atoms in total. The van der Waals surface area contributed by atoms with Crippen molar-refractivity contribution in [3.05, 3.63) is 0 Å². The van der Waals surface area contributed by atoms with Gasteiger partial charge in [0.05, 0.1) is 11.7 Å². The maximum Gasteiger partial charge on any atom is 0.0668 e. The van der Waals surface area contributed by atoms with E-state index in [4.69, 9.17) is 4.74 Å². The fourth-order valence-corrected chi connectivity index (χ4v) is 3.45. The molecule has 0 aromatic heterocycles. The molecule has 2 saturated carbocycles. The van der Waals surface area contributed by atoms with Crippen molar-refractivity contribution >= 4 is 0 Å². The Morgan fingerprint density at radius 2 is 1.80 bits per heavy atom. The van der Waals surface area contributed by atoms with Crippen LogP contribution in [0, 0.1) is 5.41 Å². The van der Waals surface area contributed by atoms with E-state index in [0.29, 0.717) is 17.6 Å². The Kier molecular flexibility index (Phi) is 2.85. The lowest BCUT2D eigenvalue weighted by molar-refractivity contribution is -0.183.